The highest BCUT2D eigenvalue weighted by Crippen LogP contribution is 2.13. The van der Waals surface area contributed by atoms with Crippen molar-refractivity contribution < 1.29 is 0 Å². The van der Waals surface area contributed by atoms with Gasteiger partial charge in [-0.25, -0.2) is 0 Å². The Morgan fingerprint density at radius 2 is 1.85 bits per heavy atom. The van der Waals surface area contributed by atoms with Gasteiger partial charge in [-0.05, 0) is 37.3 Å². The van der Waals surface area contributed by atoms with Crippen molar-refractivity contribution in [2.45, 2.75) is 38.5 Å². The largest absolute Gasteiger partial charge is 0.330 e. The van der Waals surface area contributed by atoms with E-state index < -0.39 is 0 Å². The molecule has 1 aromatic rings. The summed E-state index contributed by atoms with van der Waals surface area (Å²) >= 11 is 1.87. The first-order chi connectivity index (χ1) is 6.43. The lowest BCUT2D eigenvalue weighted by Crippen LogP contribution is -1.97. The molecule has 2 N–H and O–H groups in total. The van der Waals surface area contributed by atoms with Crippen LogP contribution in [0.1, 0.15) is 37.0 Å². The maximum Gasteiger partial charge on any atom is 0.00452 e. The average Bonchev–Trinajstić information content (AvgIpc) is 2.63. The van der Waals surface area contributed by atoms with E-state index in [0.29, 0.717) is 0 Å². The third kappa shape index (κ3) is 5.06. The molecule has 0 radical (unpaired) electrons. The highest BCUT2D eigenvalue weighted by atomic mass is 32.1. The second-order valence-electron chi connectivity index (χ2n) is 3.39. The van der Waals surface area contributed by atoms with Gasteiger partial charge in [-0.1, -0.05) is 25.3 Å². The fourth-order valence-electron chi connectivity index (χ4n) is 1.43. The highest BCUT2D eigenvalue weighted by molar-refractivity contribution is 7.09. The first-order valence-electron chi connectivity index (χ1n) is 5.16. The molecular weight excluding hydrogens is 178 g/mol. The highest BCUT2D eigenvalue weighted by Gasteiger charge is 1.93. The molecule has 2 heteroatoms. The van der Waals surface area contributed by atoms with Gasteiger partial charge >= 0.3 is 0 Å². The van der Waals surface area contributed by atoms with Gasteiger partial charge < -0.3 is 5.73 Å². The quantitative estimate of drug-likeness (QED) is 0.667. The number of thiophene rings is 1. The summed E-state index contributed by atoms with van der Waals surface area (Å²) in [6.45, 7) is 0.852. The lowest BCUT2D eigenvalue weighted by atomic mass is 10.1. The van der Waals surface area contributed by atoms with Crippen LogP contribution in [0.3, 0.4) is 0 Å². The third-order valence-corrected chi connectivity index (χ3v) is 3.14. The van der Waals surface area contributed by atoms with Crippen LogP contribution in [0.25, 0.3) is 0 Å². The van der Waals surface area contributed by atoms with E-state index in [4.69, 9.17) is 5.73 Å². The SMILES string of the molecule is NCCCCCCCc1cccs1. The molecule has 1 rings (SSSR count). The lowest BCUT2D eigenvalue weighted by molar-refractivity contribution is 0.620. The molecule has 0 bridgehead atoms. The van der Waals surface area contributed by atoms with Gasteiger partial charge in [0.15, 0.2) is 0 Å². The summed E-state index contributed by atoms with van der Waals surface area (Å²) in [6.07, 6.45) is 7.81. The number of hydrogen-bond acceptors (Lipinski definition) is 2. The van der Waals surface area contributed by atoms with Gasteiger partial charge in [0.25, 0.3) is 0 Å². The van der Waals surface area contributed by atoms with Crippen LogP contribution in [-0.4, -0.2) is 6.54 Å². The van der Waals surface area contributed by atoms with Crippen LogP contribution in [0, 0.1) is 0 Å². The van der Waals surface area contributed by atoms with E-state index >= 15 is 0 Å². The van der Waals surface area contributed by atoms with Crippen molar-refractivity contribution in [3.63, 3.8) is 0 Å². The van der Waals surface area contributed by atoms with Crippen molar-refractivity contribution in [1.82, 2.24) is 0 Å². The standard InChI is InChI=1S/C11H19NS/c12-9-5-3-1-2-4-7-11-8-6-10-13-11/h6,8,10H,1-5,7,9,12H2. The van der Waals surface area contributed by atoms with Gasteiger partial charge in [0.05, 0.1) is 0 Å². The Balaban J connectivity index is 1.90. The zero-order valence-electron chi connectivity index (χ0n) is 8.17. The van der Waals surface area contributed by atoms with Crippen molar-refractivity contribution in [1.29, 1.82) is 0 Å². The van der Waals surface area contributed by atoms with Crippen molar-refractivity contribution in [2.75, 3.05) is 6.54 Å². The van der Waals surface area contributed by atoms with Gasteiger partial charge in [0.1, 0.15) is 0 Å². The van der Waals surface area contributed by atoms with Crippen LogP contribution in [0.5, 0.6) is 0 Å². The maximum atomic E-state index is 5.42. The van der Waals surface area contributed by atoms with Gasteiger partial charge in [-0.15, -0.1) is 11.3 Å². The van der Waals surface area contributed by atoms with Crippen LogP contribution < -0.4 is 5.73 Å². The van der Waals surface area contributed by atoms with Gasteiger partial charge in [-0.3, -0.25) is 0 Å². The van der Waals surface area contributed by atoms with E-state index in [9.17, 15) is 0 Å². The summed E-state index contributed by atoms with van der Waals surface area (Å²) in [4.78, 5) is 1.53. The Labute approximate surface area is 85.0 Å². The zero-order chi connectivity index (χ0) is 9.36. The van der Waals surface area contributed by atoms with Crippen LogP contribution in [0.2, 0.25) is 0 Å². The summed E-state index contributed by atoms with van der Waals surface area (Å²) in [5, 5.41) is 2.16. The minimum Gasteiger partial charge on any atom is -0.330 e. The second-order valence-corrected chi connectivity index (χ2v) is 4.42. The molecular formula is C11H19NS. The van der Waals surface area contributed by atoms with Crippen LogP contribution in [0.4, 0.5) is 0 Å². The molecule has 0 fully saturated rings. The topological polar surface area (TPSA) is 26.0 Å². The summed E-state index contributed by atoms with van der Waals surface area (Å²) in [7, 11) is 0. The molecule has 1 heterocycles. The zero-order valence-corrected chi connectivity index (χ0v) is 8.98. The van der Waals surface area contributed by atoms with E-state index in [2.05, 4.69) is 17.5 Å². The van der Waals surface area contributed by atoms with Crippen molar-refractivity contribution >= 4 is 11.3 Å². The Hall–Kier alpha value is -0.340. The predicted octanol–water partition coefficient (Wildman–Crippen LogP) is 3.20. The van der Waals surface area contributed by atoms with Crippen molar-refractivity contribution in [2.24, 2.45) is 5.73 Å². The van der Waals surface area contributed by atoms with E-state index in [0.717, 1.165) is 6.54 Å². The van der Waals surface area contributed by atoms with Crippen LogP contribution in [-0.2, 0) is 6.42 Å². The Morgan fingerprint density at radius 1 is 1.08 bits per heavy atom. The first-order valence-corrected chi connectivity index (χ1v) is 6.04. The molecule has 0 aliphatic heterocycles. The number of rotatable bonds is 7. The Kier molecular flexibility index (Phi) is 5.87. The molecule has 0 amide bonds. The van der Waals surface area contributed by atoms with Crippen molar-refractivity contribution in [3.8, 4) is 0 Å². The van der Waals surface area contributed by atoms with E-state index in [-0.39, 0.29) is 0 Å². The normalized spacial score (nSPS) is 10.5. The minimum absolute atomic E-state index is 0.852. The fourth-order valence-corrected chi connectivity index (χ4v) is 2.18. The summed E-state index contributed by atoms with van der Waals surface area (Å²) in [5.41, 5.74) is 5.42. The molecule has 0 saturated carbocycles. The summed E-state index contributed by atoms with van der Waals surface area (Å²) < 4.78 is 0. The van der Waals surface area contributed by atoms with Gasteiger partial charge in [-0.2, -0.15) is 0 Å². The van der Waals surface area contributed by atoms with Gasteiger partial charge in [0, 0.05) is 4.88 Å². The fraction of sp³-hybridized carbons (Fsp3) is 0.636. The Morgan fingerprint density at radius 3 is 2.54 bits per heavy atom. The molecule has 13 heavy (non-hydrogen) atoms. The number of unbranched alkanes of at least 4 members (excludes halogenated alkanes) is 4. The minimum atomic E-state index is 0.852. The molecule has 74 valence electrons. The predicted molar refractivity (Wildman–Crippen MR) is 60.2 cm³/mol. The Bertz CT molecular complexity index is 194. The lowest BCUT2D eigenvalue weighted by Gasteiger charge is -1.98. The molecule has 0 atom stereocenters. The number of hydrogen-bond donors (Lipinski definition) is 1. The first kappa shape index (κ1) is 10.7. The molecule has 0 unspecified atom stereocenters. The molecule has 0 aliphatic rings. The number of aryl methyl sites for hydroxylation is 1. The smallest absolute Gasteiger partial charge is 0.00452 e. The van der Waals surface area contributed by atoms with Gasteiger partial charge in [0.2, 0.25) is 0 Å². The number of nitrogens with two attached hydrogens (primary N) is 1. The third-order valence-electron chi connectivity index (χ3n) is 2.21. The summed E-state index contributed by atoms with van der Waals surface area (Å²) in [6, 6.07) is 4.36. The molecule has 0 spiro atoms. The molecule has 1 nitrogen and oxygen atoms in total. The van der Waals surface area contributed by atoms with E-state index in [1.807, 2.05) is 11.3 Å². The van der Waals surface area contributed by atoms with E-state index in [1.165, 1.54) is 43.4 Å². The molecule has 0 aliphatic carbocycles. The van der Waals surface area contributed by atoms with E-state index in [1.54, 1.807) is 0 Å². The second kappa shape index (κ2) is 7.10. The molecule has 0 aromatic carbocycles. The summed E-state index contributed by atoms with van der Waals surface area (Å²) in [5.74, 6) is 0. The van der Waals surface area contributed by atoms with Crippen molar-refractivity contribution in [3.05, 3.63) is 22.4 Å². The molecule has 0 saturated heterocycles. The maximum absolute atomic E-state index is 5.42. The van der Waals surface area contributed by atoms with Crippen LogP contribution in [0.15, 0.2) is 17.5 Å². The monoisotopic (exact) mass is 197 g/mol. The molecule has 1 aromatic heterocycles. The average molecular weight is 197 g/mol. The van der Waals surface area contributed by atoms with Crippen LogP contribution >= 0.6 is 11.3 Å².